The Hall–Kier alpha value is -0.640. The van der Waals surface area contributed by atoms with Gasteiger partial charge in [-0.05, 0) is 19.8 Å². The number of thiocarbonyl (C=S) groups is 1. The minimum Gasteiger partial charge on any atom is -0.392 e. The van der Waals surface area contributed by atoms with Gasteiger partial charge in [0.15, 0.2) is 0 Å². The van der Waals surface area contributed by atoms with Crippen molar-refractivity contribution in [3.63, 3.8) is 0 Å². The maximum atomic E-state index is 11.8. The summed E-state index contributed by atoms with van der Waals surface area (Å²) >= 11 is 4.82. The van der Waals surface area contributed by atoms with E-state index in [1.54, 1.807) is 0 Å². The van der Waals surface area contributed by atoms with Gasteiger partial charge < -0.3 is 11.1 Å². The van der Waals surface area contributed by atoms with Crippen molar-refractivity contribution < 1.29 is 4.79 Å². The number of hydrogen-bond acceptors (Lipinski definition) is 2. The van der Waals surface area contributed by atoms with Crippen molar-refractivity contribution in [1.82, 2.24) is 5.32 Å². The number of hydrogen-bond donors (Lipinski definition) is 2. The molecule has 3 N–H and O–H groups in total. The Balaban J connectivity index is 4.18. The van der Waals surface area contributed by atoms with E-state index in [4.69, 9.17) is 18.0 Å². The van der Waals surface area contributed by atoms with E-state index in [2.05, 4.69) is 19.2 Å². The summed E-state index contributed by atoms with van der Waals surface area (Å²) in [6.45, 7) is 6.00. The fourth-order valence-corrected chi connectivity index (χ4v) is 1.56. The molecule has 0 aliphatic heterocycles. The Bertz CT molecular complexity index is 213. The van der Waals surface area contributed by atoms with Crippen LogP contribution in [0.25, 0.3) is 0 Å². The van der Waals surface area contributed by atoms with Crippen molar-refractivity contribution in [1.29, 1.82) is 0 Å². The highest BCUT2D eigenvalue weighted by atomic mass is 32.1. The van der Waals surface area contributed by atoms with Crippen LogP contribution in [0.4, 0.5) is 0 Å². The largest absolute Gasteiger partial charge is 0.392 e. The molecule has 15 heavy (non-hydrogen) atoms. The van der Waals surface area contributed by atoms with Gasteiger partial charge in [0.2, 0.25) is 5.91 Å². The second kappa shape index (κ2) is 7.63. The maximum Gasteiger partial charge on any atom is 0.223 e. The molecule has 0 heterocycles. The van der Waals surface area contributed by atoms with E-state index >= 15 is 0 Å². The summed E-state index contributed by atoms with van der Waals surface area (Å²) < 4.78 is 0. The van der Waals surface area contributed by atoms with Crippen LogP contribution in [0.1, 0.15) is 46.5 Å². The predicted octanol–water partition coefficient (Wildman–Crippen LogP) is 1.99. The number of amides is 1. The smallest absolute Gasteiger partial charge is 0.223 e. The summed E-state index contributed by atoms with van der Waals surface area (Å²) in [5.74, 6) is 0.191. The third-order valence-corrected chi connectivity index (χ3v) is 2.78. The first-order valence-electron chi connectivity index (χ1n) is 5.62. The molecule has 3 nitrogen and oxygen atoms in total. The van der Waals surface area contributed by atoms with Crippen molar-refractivity contribution in [2.24, 2.45) is 11.7 Å². The molecular weight excluding hydrogens is 208 g/mol. The van der Waals surface area contributed by atoms with Crippen LogP contribution in [-0.2, 0) is 4.79 Å². The molecule has 1 amide bonds. The molecule has 0 spiro atoms. The molecule has 0 saturated carbocycles. The lowest BCUT2D eigenvalue weighted by atomic mass is 9.97. The molecule has 0 aliphatic rings. The highest BCUT2D eigenvalue weighted by molar-refractivity contribution is 7.80. The number of carbonyl (C=O) groups excluding carboxylic acids is 1. The average Bonchev–Trinajstić information content (AvgIpc) is 2.17. The van der Waals surface area contributed by atoms with Gasteiger partial charge in [0.25, 0.3) is 0 Å². The fourth-order valence-electron chi connectivity index (χ4n) is 1.51. The highest BCUT2D eigenvalue weighted by Crippen LogP contribution is 2.13. The minimum absolute atomic E-state index is 0.0824. The van der Waals surface area contributed by atoms with Crippen molar-refractivity contribution in [3.8, 4) is 0 Å². The second-order valence-electron chi connectivity index (χ2n) is 3.91. The summed E-state index contributed by atoms with van der Waals surface area (Å²) in [5, 5.41) is 2.84. The van der Waals surface area contributed by atoms with E-state index in [1.807, 2.05) is 6.92 Å². The van der Waals surface area contributed by atoms with Crippen LogP contribution in [0.3, 0.4) is 0 Å². The first kappa shape index (κ1) is 14.4. The van der Waals surface area contributed by atoms with Crippen molar-refractivity contribution in [3.05, 3.63) is 0 Å². The first-order valence-corrected chi connectivity index (χ1v) is 6.03. The van der Waals surface area contributed by atoms with Crippen LogP contribution in [-0.4, -0.2) is 16.9 Å². The molecule has 0 saturated heterocycles. The molecule has 0 aromatic heterocycles. The number of nitrogens with one attached hydrogen (secondary N) is 1. The molecule has 4 heteroatoms. The van der Waals surface area contributed by atoms with Crippen molar-refractivity contribution >= 4 is 23.1 Å². The standard InChI is InChI=1S/C11H22N2OS/c1-4-6-9(7-5-2)11(14)13-8(3)10(12)15/h8-9H,4-7H2,1-3H3,(H2,12,15)(H,13,14). The Kier molecular flexibility index (Phi) is 7.30. The topological polar surface area (TPSA) is 55.1 Å². The van der Waals surface area contributed by atoms with Gasteiger partial charge in [0, 0.05) is 5.92 Å². The van der Waals surface area contributed by atoms with Gasteiger partial charge in [-0.15, -0.1) is 0 Å². The van der Waals surface area contributed by atoms with Gasteiger partial charge in [-0.3, -0.25) is 4.79 Å². The number of rotatable bonds is 7. The third kappa shape index (κ3) is 5.72. The average molecular weight is 230 g/mol. The molecule has 88 valence electrons. The summed E-state index contributed by atoms with van der Waals surface area (Å²) in [4.78, 5) is 12.2. The molecule has 0 aromatic rings. The Morgan fingerprint density at radius 1 is 1.33 bits per heavy atom. The third-order valence-electron chi connectivity index (χ3n) is 2.43. The highest BCUT2D eigenvalue weighted by Gasteiger charge is 2.18. The number of carbonyl (C=O) groups is 1. The molecule has 0 bridgehead atoms. The van der Waals surface area contributed by atoms with E-state index in [0.717, 1.165) is 25.7 Å². The van der Waals surface area contributed by atoms with Crippen LogP contribution in [0.15, 0.2) is 0 Å². The Morgan fingerprint density at radius 2 is 1.80 bits per heavy atom. The number of nitrogens with two attached hydrogens (primary N) is 1. The molecule has 0 aliphatic carbocycles. The zero-order chi connectivity index (χ0) is 11.8. The quantitative estimate of drug-likeness (QED) is 0.658. The van der Waals surface area contributed by atoms with E-state index in [-0.39, 0.29) is 17.9 Å². The van der Waals surface area contributed by atoms with Crippen LogP contribution < -0.4 is 11.1 Å². The molecular formula is C11H22N2OS. The van der Waals surface area contributed by atoms with E-state index < -0.39 is 0 Å². The van der Waals surface area contributed by atoms with Crippen LogP contribution >= 0.6 is 12.2 Å². The maximum absolute atomic E-state index is 11.8. The SMILES string of the molecule is CCCC(CCC)C(=O)NC(C)C(N)=S. The molecule has 1 unspecified atom stereocenters. The molecule has 0 radical (unpaired) electrons. The van der Waals surface area contributed by atoms with Gasteiger partial charge in [-0.25, -0.2) is 0 Å². The lowest BCUT2D eigenvalue weighted by Gasteiger charge is -2.18. The van der Waals surface area contributed by atoms with E-state index in [9.17, 15) is 4.79 Å². The van der Waals surface area contributed by atoms with Gasteiger partial charge >= 0.3 is 0 Å². The van der Waals surface area contributed by atoms with Gasteiger partial charge in [0.05, 0.1) is 11.0 Å². The summed E-state index contributed by atoms with van der Waals surface area (Å²) in [5.41, 5.74) is 5.45. The minimum atomic E-state index is -0.205. The Labute approximate surface area is 97.8 Å². The van der Waals surface area contributed by atoms with Gasteiger partial charge in [-0.2, -0.15) is 0 Å². The molecule has 0 rings (SSSR count). The zero-order valence-corrected chi connectivity index (χ0v) is 10.7. The lowest BCUT2D eigenvalue weighted by Crippen LogP contribution is -2.43. The summed E-state index contributed by atoms with van der Waals surface area (Å²) in [6.07, 6.45) is 3.92. The first-order chi connectivity index (χ1) is 7.02. The van der Waals surface area contributed by atoms with Crippen molar-refractivity contribution in [2.45, 2.75) is 52.5 Å². The monoisotopic (exact) mass is 230 g/mol. The van der Waals surface area contributed by atoms with Gasteiger partial charge in [-0.1, -0.05) is 38.9 Å². The van der Waals surface area contributed by atoms with Crippen LogP contribution in [0.2, 0.25) is 0 Å². The fraction of sp³-hybridized carbons (Fsp3) is 0.818. The summed E-state index contributed by atoms with van der Waals surface area (Å²) in [7, 11) is 0. The van der Waals surface area contributed by atoms with E-state index in [1.165, 1.54) is 0 Å². The predicted molar refractivity (Wildman–Crippen MR) is 67.7 cm³/mol. The normalized spacial score (nSPS) is 12.5. The molecule has 0 fully saturated rings. The van der Waals surface area contributed by atoms with Crippen LogP contribution in [0, 0.1) is 5.92 Å². The van der Waals surface area contributed by atoms with Gasteiger partial charge in [0.1, 0.15) is 0 Å². The van der Waals surface area contributed by atoms with E-state index in [0.29, 0.717) is 4.99 Å². The van der Waals surface area contributed by atoms with Crippen molar-refractivity contribution in [2.75, 3.05) is 0 Å². The second-order valence-corrected chi connectivity index (χ2v) is 4.38. The zero-order valence-electron chi connectivity index (χ0n) is 9.88. The molecule has 0 aromatic carbocycles. The Morgan fingerprint density at radius 3 is 2.13 bits per heavy atom. The molecule has 1 atom stereocenters. The lowest BCUT2D eigenvalue weighted by molar-refractivity contribution is -0.125. The van der Waals surface area contributed by atoms with Crippen LogP contribution in [0.5, 0.6) is 0 Å². The summed E-state index contributed by atoms with van der Waals surface area (Å²) in [6, 6.07) is -0.205.